The normalized spacial score (nSPS) is 12.9. The summed E-state index contributed by atoms with van der Waals surface area (Å²) in [6.45, 7) is 2.33. The lowest BCUT2D eigenvalue weighted by atomic mass is 10.3. The van der Waals surface area contributed by atoms with Crippen LogP contribution in [0, 0.1) is 6.92 Å². The highest BCUT2D eigenvalue weighted by Crippen LogP contribution is 2.19. The molecule has 0 aliphatic carbocycles. The van der Waals surface area contributed by atoms with Crippen LogP contribution in [-0.2, 0) is 9.13 Å². The van der Waals surface area contributed by atoms with Gasteiger partial charge in [0.25, 0.3) is 0 Å². The number of pyridine rings is 1. The Hall–Kier alpha value is -0.850. The summed E-state index contributed by atoms with van der Waals surface area (Å²) < 4.78 is 20.9. The van der Waals surface area contributed by atoms with Crippen molar-refractivity contribution in [3.8, 4) is 0 Å². The highest BCUT2D eigenvalue weighted by atomic mass is 31.1. The molecule has 1 aromatic rings. The van der Waals surface area contributed by atoms with Crippen LogP contribution in [0.25, 0.3) is 0 Å². The summed E-state index contributed by atoms with van der Waals surface area (Å²) in [4.78, 5) is 4.10. The fourth-order valence-corrected chi connectivity index (χ4v) is 1.35. The largest absolute Gasteiger partial charge is 0.368 e. The molecule has 0 saturated carbocycles. The number of hydrogen-bond acceptors (Lipinski definition) is 4. The maximum Gasteiger partial charge on any atom is 0.173 e. The minimum atomic E-state index is -0.405. The molecule has 6 heteroatoms. The zero-order valence-corrected chi connectivity index (χ0v) is 9.46. The third-order valence-electron chi connectivity index (χ3n) is 1.62. The first-order chi connectivity index (χ1) is 6.76. The first kappa shape index (κ1) is 11.2. The van der Waals surface area contributed by atoms with E-state index in [0.717, 1.165) is 5.56 Å². The second-order valence-electron chi connectivity index (χ2n) is 2.79. The van der Waals surface area contributed by atoms with E-state index in [1.54, 1.807) is 6.20 Å². The van der Waals surface area contributed by atoms with Gasteiger partial charge in [-0.25, -0.2) is 4.98 Å². The second-order valence-corrected chi connectivity index (χ2v) is 4.87. The minimum Gasteiger partial charge on any atom is -0.368 e. The number of aryl methyl sites for hydroxylation is 1. The molecule has 0 fully saturated rings. The molecule has 14 heavy (non-hydrogen) atoms. The first-order valence-corrected chi connectivity index (χ1v) is 5.84. The van der Waals surface area contributed by atoms with Crippen LogP contribution in [0.15, 0.2) is 18.3 Å². The van der Waals surface area contributed by atoms with Crippen LogP contribution in [0.2, 0.25) is 0 Å². The molecule has 0 unspecified atom stereocenters. The fraction of sp³-hybridized carbons (Fsp3) is 0.375. The zero-order chi connectivity index (χ0) is 10.4. The molecule has 0 bridgehead atoms. The van der Waals surface area contributed by atoms with E-state index in [1.165, 1.54) is 0 Å². The van der Waals surface area contributed by atoms with Crippen LogP contribution in [0.1, 0.15) is 5.56 Å². The maximum atomic E-state index is 10.4. The number of aromatic nitrogens is 1. The summed E-state index contributed by atoms with van der Waals surface area (Å²) in [6, 6.07) is 3.75. The predicted octanol–water partition coefficient (Wildman–Crippen LogP) is 2.71. The topological polar surface area (TPSA) is 59.1 Å². The van der Waals surface area contributed by atoms with E-state index in [0.29, 0.717) is 12.4 Å². The Morgan fingerprint density at radius 2 is 2.14 bits per heavy atom. The van der Waals surface area contributed by atoms with E-state index in [4.69, 9.17) is 0 Å². The van der Waals surface area contributed by atoms with Crippen LogP contribution in [0.4, 0.5) is 5.82 Å². The summed E-state index contributed by atoms with van der Waals surface area (Å²) in [5, 5.41) is 2.54. The smallest absolute Gasteiger partial charge is 0.173 e. The van der Waals surface area contributed by atoms with Crippen molar-refractivity contribution in [3.63, 3.8) is 0 Å². The van der Waals surface area contributed by atoms with Crippen LogP contribution in [-0.4, -0.2) is 16.9 Å². The molecule has 0 aliphatic rings. The summed E-state index contributed by atoms with van der Waals surface area (Å²) in [7, 11) is -0.240. The lowest BCUT2D eigenvalue weighted by Gasteiger charge is -2.04. The van der Waals surface area contributed by atoms with Gasteiger partial charge in [-0.1, -0.05) is 6.07 Å². The number of nitrogens with one attached hydrogen (secondary N) is 1. The summed E-state index contributed by atoms with van der Waals surface area (Å²) in [6.07, 6.45) is 1.74. The number of nitrogens with zero attached hydrogens (tertiary/aromatic N) is 1. The molecule has 0 aromatic carbocycles. The van der Waals surface area contributed by atoms with Crippen molar-refractivity contribution in [1.82, 2.24) is 4.98 Å². The molecule has 0 radical (unpaired) electrons. The average Bonchev–Trinajstić information content (AvgIpc) is 2.22. The van der Waals surface area contributed by atoms with Gasteiger partial charge in [0.2, 0.25) is 0 Å². The van der Waals surface area contributed by atoms with Gasteiger partial charge in [-0.05, 0) is 18.6 Å². The van der Waals surface area contributed by atoms with Crippen molar-refractivity contribution < 1.29 is 9.13 Å². The molecule has 0 spiro atoms. The summed E-state index contributed by atoms with van der Waals surface area (Å²) in [5.41, 5.74) is 1.08. The number of anilines is 1. The number of hydrogen-bond donors (Lipinski definition) is 1. The molecule has 74 valence electrons. The monoisotopic (exact) mass is 228 g/mol. The second kappa shape index (κ2) is 5.79. The van der Waals surface area contributed by atoms with E-state index in [1.807, 2.05) is 19.1 Å². The van der Waals surface area contributed by atoms with Gasteiger partial charge in [0.05, 0.1) is 0 Å². The Balaban J connectivity index is 2.48. The Labute approximate surface area is 85.5 Å². The molecule has 0 atom stereocenters. The van der Waals surface area contributed by atoms with E-state index in [-0.39, 0.29) is 16.9 Å². The van der Waals surface area contributed by atoms with Crippen molar-refractivity contribution in [2.24, 2.45) is 0 Å². The number of rotatable bonds is 5. The molecule has 1 N–H and O–H groups in total. The highest BCUT2D eigenvalue weighted by molar-refractivity contribution is 7.44. The van der Waals surface area contributed by atoms with Gasteiger partial charge in [0, 0.05) is 12.7 Å². The Morgan fingerprint density at radius 1 is 1.43 bits per heavy atom. The van der Waals surface area contributed by atoms with Gasteiger partial charge in [0.15, 0.2) is 16.9 Å². The third-order valence-corrected chi connectivity index (χ3v) is 3.04. The van der Waals surface area contributed by atoms with Crippen LogP contribution in [0.5, 0.6) is 0 Å². The molecule has 1 rings (SSSR count). The minimum absolute atomic E-state index is 0.120. The molecule has 0 aliphatic heterocycles. The third kappa shape index (κ3) is 3.49. The van der Waals surface area contributed by atoms with Crippen molar-refractivity contribution in [2.45, 2.75) is 12.3 Å². The van der Waals surface area contributed by atoms with E-state index in [9.17, 15) is 9.13 Å². The Kier molecular flexibility index (Phi) is 4.64. The van der Waals surface area contributed by atoms with Crippen molar-refractivity contribution in [2.75, 3.05) is 11.9 Å². The summed E-state index contributed by atoms with van der Waals surface area (Å²) >= 11 is 0. The Morgan fingerprint density at radius 3 is 2.64 bits per heavy atom. The van der Waals surface area contributed by atoms with Gasteiger partial charge in [-0.2, -0.15) is 0 Å². The quantitative estimate of drug-likeness (QED) is 0.787. The highest BCUT2D eigenvalue weighted by Gasteiger charge is 2.07. The molecular formula is C8H10N2O2P2. The van der Waals surface area contributed by atoms with E-state index < -0.39 is 5.40 Å². The lowest BCUT2D eigenvalue weighted by Crippen LogP contribution is -2.09. The molecular weight excluding hydrogens is 218 g/mol. The van der Waals surface area contributed by atoms with Crippen LogP contribution >= 0.6 is 16.9 Å². The first-order valence-electron chi connectivity index (χ1n) is 4.07. The zero-order valence-electron chi connectivity index (χ0n) is 7.67. The molecule has 0 amide bonds. The summed E-state index contributed by atoms with van der Waals surface area (Å²) in [5.74, 6) is 0.702. The fourth-order valence-electron chi connectivity index (χ4n) is 0.862. The van der Waals surface area contributed by atoms with Crippen LogP contribution in [0.3, 0.4) is 0 Å². The van der Waals surface area contributed by atoms with Gasteiger partial charge in [-0.3, -0.25) is 9.13 Å². The SMILES string of the molecule is Cc1ccc(NCC(P=O)P=O)nc1. The van der Waals surface area contributed by atoms with Gasteiger partial charge in [-0.15, -0.1) is 0 Å². The van der Waals surface area contributed by atoms with Gasteiger partial charge >= 0.3 is 0 Å². The lowest BCUT2D eigenvalue weighted by molar-refractivity contribution is 0.588. The van der Waals surface area contributed by atoms with Gasteiger partial charge in [0.1, 0.15) is 11.2 Å². The van der Waals surface area contributed by atoms with Crippen molar-refractivity contribution in [1.29, 1.82) is 0 Å². The van der Waals surface area contributed by atoms with E-state index in [2.05, 4.69) is 10.3 Å². The van der Waals surface area contributed by atoms with Crippen molar-refractivity contribution in [3.05, 3.63) is 23.9 Å². The Bertz CT molecular complexity index is 308. The molecule has 1 aromatic heterocycles. The molecule has 1 heterocycles. The van der Waals surface area contributed by atoms with E-state index >= 15 is 0 Å². The standard InChI is InChI=1S/C8H10N2O2P2/c1-6-2-3-7(9-4-6)10-5-8(13-11)14-12/h2-4,8H,5H2,1H3,(H,9,10). The maximum absolute atomic E-state index is 10.4. The van der Waals surface area contributed by atoms with Gasteiger partial charge < -0.3 is 5.32 Å². The van der Waals surface area contributed by atoms with Crippen molar-refractivity contribution >= 4 is 22.7 Å². The molecule has 4 nitrogen and oxygen atoms in total. The van der Waals surface area contributed by atoms with Crippen LogP contribution < -0.4 is 5.32 Å². The predicted molar refractivity (Wildman–Crippen MR) is 56.5 cm³/mol. The molecule has 0 saturated heterocycles. The average molecular weight is 228 g/mol.